The molecule has 4 heteroatoms. The Labute approximate surface area is 128 Å². The zero-order chi connectivity index (χ0) is 14.5. The molecule has 0 aliphatic heterocycles. The van der Waals surface area contributed by atoms with E-state index in [1.165, 1.54) is 5.56 Å². The Morgan fingerprint density at radius 1 is 1.05 bits per heavy atom. The van der Waals surface area contributed by atoms with Gasteiger partial charge in [-0.05, 0) is 30.2 Å². The number of ketones is 1. The molecule has 0 aromatic heterocycles. The number of benzene rings is 2. The molecule has 0 saturated carbocycles. The molecule has 0 radical (unpaired) electrons. The first kappa shape index (κ1) is 14.9. The van der Waals surface area contributed by atoms with Crippen molar-refractivity contribution in [1.82, 2.24) is 0 Å². The number of hydrogen-bond donors (Lipinski definition) is 0. The van der Waals surface area contributed by atoms with E-state index < -0.39 is 0 Å². The third-order valence-corrected chi connectivity index (χ3v) is 3.33. The molecule has 0 bridgehead atoms. The molecule has 0 aliphatic carbocycles. The number of Topliss-reactive ketones (excluding diaryl/α,β-unsaturated/α-hetero) is 1. The van der Waals surface area contributed by atoms with Gasteiger partial charge in [0.2, 0.25) is 0 Å². The molecule has 0 unspecified atom stereocenters. The van der Waals surface area contributed by atoms with Gasteiger partial charge in [-0.2, -0.15) is 0 Å². The molecule has 0 spiro atoms. The molecule has 2 rings (SSSR count). The van der Waals surface area contributed by atoms with Gasteiger partial charge in [0.15, 0.2) is 12.4 Å². The molecule has 0 aliphatic rings. The number of aryl methyl sites for hydroxylation is 1. The zero-order valence-electron chi connectivity index (χ0n) is 11.0. The fourth-order valence-corrected chi connectivity index (χ4v) is 2.28. The monoisotopic (exact) mass is 308 g/mol. The molecule has 0 atom stereocenters. The fraction of sp³-hybridized carbons (Fsp3) is 0.188. The van der Waals surface area contributed by atoms with Crippen molar-refractivity contribution in [3.8, 4) is 5.75 Å². The van der Waals surface area contributed by atoms with Crippen molar-refractivity contribution in [3.63, 3.8) is 0 Å². The molecule has 104 valence electrons. The minimum Gasteiger partial charge on any atom is -0.485 e. The fourth-order valence-electron chi connectivity index (χ4n) is 1.77. The molecule has 2 aromatic carbocycles. The predicted octanol–water partition coefficient (Wildman–Crippen LogP) is 4.82. The Kier molecular flexibility index (Phi) is 5.05. The van der Waals surface area contributed by atoms with Gasteiger partial charge < -0.3 is 4.74 Å². The largest absolute Gasteiger partial charge is 0.485 e. The van der Waals surface area contributed by atoms with Crippen LogP contribution in [0.4, 0.5) is 0 Å². The molecular formula is C16H14Cl2O2. The SMILES string of the molecule is CCc1ccc(C(=O)COc2cc(Cl)cc(Cl)c2)cc1. The predicted molar refractivity (Wildman–Crippen MR) is 82.1 cm³/mol. The van der Waals surface area contributed by atoms with Crippen LogP contribution >= 0.6 is 23.2 Å². The maximum absolute atomic E-state index is 12.0. The van der Waals surface area contributed by atoms with Crippen LogP contribution < -0.4 is 4.74 Å². The number of halogens is 2. The number of carbonyl (C=O) groups excluding carboxylic acids is 1. The third-order valence-electron chi connectivity index (χ3n) is 2.89. The average molecular weight is 309 g/mol. The number of ether oxygens (including phenoxy) is 1. The first-order valence-corrected chi connectivity index (χ1v) is 7.05. The minimum atomic E-state index is -0.0799. The van der Waals surface area contributed by atoms with Gasteiger partial charge in [0.1, 0.15) is 5.75 Å². The summed E-state index contributed by atoms with van der Waals surface area (Å²) in [4.78, 5) is 12.0. The second-order valence-corrected chi connectivity index (χ2v) is 5.24. The third kappa shape index (κ3) is 3.99. The van der Waals surface area contributed by atoms with Crippen molar-refractivity contribution in [2.24, 2.45) is 0 Å². The van der Waals surface area contributed by atoms with E-state index in [-0.39, 0.29) is 12.4 Å². The van der Waals surface area contributed by atoms with E-state index in [0.29, 0.717) is 21.4 Å². The van der Waals surface area contributed by atoms with Crippen molar-refractivity contribution < 1.29 is 9.53 Å². The van der Waals surface area contributed by atoms with Crippen molar-refractivity contribution in [2.75, 3.05) is 6.61 Å². The summed E-state index contributed by atoms with van der Waals surface area (Å²) in [5.74, 6) is 0.407. The van der Waals surface area contributed by atoms with E-state index in [4.69, 9.17) is 27.9 Å². The summed E-state index contributed by atoms with van der Waals surface area (Å²) in [5, 5.41) is 0.958. The van der Waals surface area contributed by atoms with Gasteiger partial charge in [0.05, 0.1) is 0 Å². The van der Waals surface area contributed by atoms with E-state index in [2.05, 4.69) is 6.92 Å². The number of hydrogen-bond acceptors (Lipinski definition) is 2. The van der Waals surface area contributed by atoms with Crippen LogP contribution in [-0.4, -0.2) is 12.4 Å². The Morgan fingerprint density at radius 2 is 1.65 bits per heavy atom. The second-order valence-electron chi connectivity index (χ2n) is 4.37. The van der Waals surface area contributed by atoms with Gasteiger partial charge in [-0.3, -0.25) is 4.79 Å². The Morgan fingerprint density at radius 3 is 2.20 bits per heavy atom. The summed E-state index contributed by atoms with van der Waals surface area (Å²) in [6.45, 7) is 2.03. The maximum Gasteiger partial charge on any atom is 0.200 e. The topological polar surface area (TPSA) is 26.3 Å². The van der Waals surface area contributed by atoms with Crippen LogP contribution in [0, 0.1) is 0 Å². The van der Waals surface area contributed by atoms with Crippen molar-refractivity contribution in [1.29, 1.82) is 0 Å². The lowest BCUT2D eigenvalue weighted by Gasteiger charge is -2.07. The lowest BCUT2D eigenvalue weighted by atomic mass is 10.1. The second kappa shape index (κ2) is 6.78. The van der Waals surface area contributed by atoms with E-state index in [9.17, 15) is 4.79 Å². The Bertz CT molecular complexity index is 586. The summed E-state index contributed by atoms with van der Waals surface area (Å²) in [7, 11) is 0. The van der Waals surface area contributed by atoms with Crippen LogP contribution in [0.15, 0.2) is 42.5 Å². The average Bonchev–Trinajstić information content (AvgIpc) is 2.44. The highest BCUT2D eigenvalue weighted by Crippen LogP contribution is 2.24. The van der Waals surface area contributed by atoms with E-state index >= 15 is 0 Å². The van der Waals surface area contributed by atoms with Gasteiger partial charge in [-0.25, -0.2) is 0 Å². The first-order chi connectivity index (χ1) is 9.58. The smallest absolute Gasteiger partial charge is 0.200 e. The summed E-state index contributed by atoms with van der Waals surface area (Å²) in [5.41, 5.74) is 1.83. The highest BCUT2D eigenvalue weighted by molar-refractivity contribution is 6.34. The van der Waals surface area contributed by atoms with E-state index in [1.807, 2.05) is 24.3 Å². The molecule has 0 fully saturated rings. The first-order valence-electron chi connectivity index (χ1n) is 6.29. The van der Waals surface area contributed by atoms with Gasteiger partial charge in [-0.15, -0.1) is 0 Å². The van der Waals surface area contributed by atoms with Crippen molar-refractivity contribution in [3.05, 3.63) is 63.6 Å². The van der Waals surface area contributed by atoms with Gasteiger partial charge >= 0.3 is 0 Å². The van der Waals surface area contributed by atoms with Crippen LogP contribution in [0.5, 0.6) is 5.75 Å². The molecule has 20 heavy (non-hydrogen) atoms. The standard InChI is InChI=1S/C16H14Cl2O2/c1-2-11-3-5-12(6-4-11)16(19)10-20-15-8-13(17)7-14(18)9-15/h3-9H,2,10H2,1H3. The number of carbonyl (C=O) groups is 1. The lowest BCUT2D eigenvalue weighted by molar-refractivity contribution is 0.0921. The molecule has 0 saturated heterocycles. The minimum absolute atomic E-state index is 0.0395. The van der Waals surface area contributed by atoms with Crippen LogP contribution in [0.2, 0.25) is 10.0 Å². The molecule has 2 nitrogen and oxygen atoms in total. The molecule has 0 N–H and O–H groups in total. The van der Waals surface area contributed by atoms with Crippen LogP contribution in [0.25, 0.3) is 0 Å². The summed E-state index contributed by atoms with van der Waals surface area (Å²) in [6.07, 6.45) is 0.950. The maximum atomic E-state index is 12.0. The van der Waals surface area contributed by atoms with Gasteiger partial charge in [0, 0.05) is 15.6 Å². The summed E-state index contributed by atoms with van der Waals surface area (Å²) >= 11 is 11.7. The quantitative estimate of drug-likeness (QED) is 0.740. The lowest BCUT2D eigenvalue weighted by Crippen LogP contribution is -2.11. The normalized spacial score (nSPS) is 10.3. The zero-order valence-corrected chi connectivity index (χ0v) is 12.5. The molecular weight excluding hydrogens is 295 g/mol. The molecule has 0 heterocycles. The Hall–Kier alpha value is -1.51. The Balaban J connectivity index is 2.00. The van der Waals surface area contributed by atoms with Crippen molar-refractivity contribution in [2.45, 2.75) is 13.3 Å². The van der Waals surface area contributed by atoms with Gasteiger partial charge in [0.25, 0.3) is 0 Å². The van der Waals surface area contributed by atoms with Crippen molar-refractivity contribution >= 4 is 29.0 Å². The van der Waals surface area contributed by atoms with E-state index in [0.717, 1.165) is 6.42 Å². The highest BCUT2D eigenvalue weighted by Gasteiger charge is 2.07. The molecule has 0 amide bonds. The highest BCUT2D eigenvalue weighted by atomic mass is 35.5. The van der Waals surface area contributed by atoms with Crippen LogP contribution in [0.1, 0.15) is 22.8 Å². The molecule has 2 aromatic rings. The number of rotatable bonds is 5. The van der Waals surface area contributed by atoms with Crippen LogP contribution in [0.3, 0.4) is 0 Å². The summed E-state index contributed by atoms with van der Waals surface area (Å²) in [6, 6.07) is 12.4. The van der Waals surface area contributed by atoms with E-state index in [1.54, 1.807) is 18.2 Å². The summed E-state index contributed by atoms with van der Waals surface area (Å²) < 4.78 is 5.42. The van der Waals surface area contributed by atoms with Gasteiger partial charge in [-0.1, -0.05) is 54.4 Å². The van der Waals surface area contributed by atoms with Crippen LogP contribution in [-0.2, 0) is 6.42 Å².